The highest BCUT2D eigenvalue weighted by Gasteiger charge is 2.32. The van der Waals surface area contributed by atoms with E-state index in [2.05, 4.69) is 20.6 Å². The molecule has 1 atom stereocenters. The number of carbonyl (C=O) groups excluding carboxylic acids is 1. The van der Waals surface area contributed by atoms with Crippen LogP contribution in [0.3, 0.4) is 0 Å². The monoisotopic (exact) mass is 372 g/mol. The van der Waals surface area contributed by atoms with Crippen LogP contribution in [0.5, 0.6) is 0 Å². The highest BCUT2D eigenvalue weighted by atomic mass is 16.4. The third kappa shape index (κ3) is 4.30. The number of aromatic amines is 1. The number of carboxylic acids is 1. The first-order valence-corrected chi connectivity index (χ1v) is 9.49. The molecular formula is C20H28N4O3. The summed E-state index contributed by atoms with van der Waals surface area (Å²) in [7, 11) is 0. The van der Waals surface area contributed by atoms with Gasteiger partial charge in [0.1, 0.15) is 5.65 Å². The number of carbonyl (C=O) groups is 2. The Labute approximate surface area is 158 Å². The van der Waals surface area contributed by atoms with Gasteiger partial charge in [-0.25, -0.2) is 9.78 Å². The Morgan fingerprint density at radius 1 is 1.33 bits per heavy atom. The number of amides is 1. The smallest absolute Gasteiger partial charge is 0.337 e. The Hall–Kier alpha value is -2.41. The maximum atomic E-state index is 12.9. The molecule has 0 aliphatic heterocycles. The molecule has 2 heterocycles. The number of pyridine rings is 1. The predicted molar refractivity (Wildman–Crippen MR) is 104 cm³/mol. The van der Waals surface area contributed by atoms with Crippen molar-refractivity contribution in [2.45, 2.75) is 65.1 Å². The summed E-state index contributed by atoms with van der Waals surface area (Å²) in [5.74, 6) is -0.992. The first-order chi connectivity index (χ1) is 12.8. The standard InChI is InChI=1S/C20H28N4O3/c1-20(2,3)16(18(25)24-13-6-4-5-7-13)22-10-12-8-9-21-17-15(12)14(11-23-17)19(26)27/h8-9,11,13,16,22H,4-7,10H2,1-3H3,(H,21,23)(H,24,25)(H,26,27). The summed E-state index contributed by atoms with van der Waals surface area (Å²) >= 11 is 0. The van der Waals surface area contributed by atoms with Crippen molar-refractivity contribution in [2.75, 3.05) is 0 Å². The van der Waals surface area contributed by atoms with Gasteiger partial charge in [0.2, 0.25) is 5.91 Å². The number of nitrogens with zero attached hydrogens (tertiary/aromatic N) is 1. The van der Waals surface area contributed by atoms with E-state index in [0.717, 1.165) is 18.4 Å². The minimum atomic E-state index is -0.998. The van der Waals surface area contributed by atoms with Gasteiger partial charge in [-0.05, 0) is 29.9 Å². The fraction of sp³-hybridized carbons (Fsp3) is 0.550. The number of hydrogen-bond acceptors (Lipinski definition) is 4. The second-order valence-electron chi connectivity index (χ2n) is 8.37. The van der Waals surface area contributed by atoms with Crippen molar-refractivity contribution < 1.29 is 14.7 Å². The molecule has 27 heavy (non-hydrogen) atoms. The highest BCUT2D eigenvalue weighted by molar-refractivity contribution is 6.03. The Balaban J connectivity index is 1.79. The van der Waals surface area contributed by atoms with Gasteiger partial charge in [-0.1, -0.05) is 33.6 Å². The van der Waals surface area contributed by atoms with E-state index >= 15 is 0 Å². The van der Waals surface area contributed by atoms with E-state index in [-0.39, 0.29) is 29.0 Å². The molecule has 146 valence electrons. The normalized spacial score (nSPS) is 16.6. The fourth-order valence-corrected chi connectivity index (χ4v) is 3.80. The van der Waals surface area contributed by atoms with E-state index in [4.69, 9.17) is 0 Å². The maximum Gasteiger partial charge on any atom is 0.337 e. The Kier molecular flexibility index (Phi) is 5.51. The minimum Gasteiger partial charge on any atom is -0.478 e. The Morgan fingerprint density at radius 3 is 2.67 bits per heavy atom. The van der Waals surface area contributed by atoms with Crippen molar-refractivity contribution >= 4 is 22.9 Å². The van der Waals surface area contributed by atoms with Crippen LogP contribution in [0.25, 0.3) is 11.0 Å². The lowest BCUT2D eigenvalue weighted by atomic mass is 9.85. The summed E-state index contributed by atoms with van der Waals surface area (Å²) in [4.78, 5) is 31.5. The molecule has 7 heteroatoms. The van der Waals surface area contributed by atoms with Crippen LogP contribution in [0.2, 0.25) is 0 Å². The lowest BCUT2D eigenvalue weighted by molar-refractivity contribution is -0.126. The SMILES string of the molecule is CC(C)(C)C(NCc1ccnc2[nH]cc(C(=O)O)c12)C(=O)NC1CCCC1. The summed E-state index contributed by atoms with van der Waals surface area (Å²) in [6.07, 6.45) is 7.51. The molecule has 1 fully saturated rings. The van der Waals surface area contributed by atoms with Crippen molar-refractivity contribution in [1.29, 1.82) is 0 Å². The summed E-state index contributed by atoms with van der Waals surface area (Å²) in [5, 5.41) is 16.5. The molecule has 1 amide bonds. The topological polar surface area (TPSA) is 107 Å². The number of rotatable bonds is 6. The van der Waals surface area contributed by atoms with Gasteiger partial charge in [0.15, 0.2) is 0 Å². The van der Waals surface area contributed by atoms with Gasteiger partial charge in [-0.3, -0.25) is 4.79 Å². The van der Waals surface area contributed by atoms with Crippen LogP contribution in [0.15, 0.2) is 18.5 Å². The van der Waals surface area contributed by atoms with E-state index in [1.54, 1.807) is 12.3 Å². The van der Waals surface area contributed by atoms with Crippen LogP contribution in [0, 0.1) is 5.41 Å². The first kappa shape index (κ1) is 19.4. The van der Waals surface area contributed by atoms with Gasteiger partial charge in [-0.2, -0.15) is 0 Å². The summed E-state index contributed by atoms with van der Waals surface area (Å²) in [6.45, 7) is 6.47. The molecule has 0 bridgehead atoms. The molecule has 0 aromatic carbocycles. The summed E-state index contributed by atoms with van der Waals surface area (Å²) < 4.78 is 0. The van der Waals surface area contributed by atoms with Gasteiger partial charge in [0.25, 0.3) is 0 Å². The van der Waals surface area contributed by atoms with Crippen LogP contribution in [0.4, 0.5) is 0 Å². The third-order valence-corrected chi connectivity index (χ3v) is 5.22. The molecule has 1 aliphatic rings. The van der Waals surface area contributed by atoms with E-state index < -0.39 is 5.97 Å². The molecule has 1 aliphatic carbocycles. The molecule has 2 aromatic rings. The largest absolute Gasteiger partial charge is 0.478 e. The van der Waals surface area contributed by atoms with Crippen molar-refractivity contribution in [3.05, 3.63) is 29.6 Å². The molecule has 1 saturated carbocycles. The van der Waals surface area contributed by atoms with E-state index in [1.807, 2.05) is 20.8 Å². The average molecular weight is 372 g/mol. The van der Waals surface area contributed by atoms with Crippen molar-refractivity contribution in [2.24, 2.45) is 5.41 Å². The molecule has 7 nitrogen and oxygen atoms in total. The number of aromatic carboxylic acids is 1. The summed E-state index contributed by atoms with van der Waals surface area (Å²) in [5.41, 5.74) is 1.26. The van der Waals surface area contributed by atoms with E-state index in [9.17, 15) is 14.7 Å². The van der Waals surface area contributed by atoms with Crippen molar-refractivity contribution in [3.8, 4) is 0 Å². The first-order valence-electron chi connectivity index (χ1n) is 9.49. The number of nitrogens with one attached hydrogen (secondary N) is 3. The number of aromatic nitrogens is 2. The highest BCUT2D eigenvalue weighted by Crippen LogP contribution is 2.25. The zero-order chi connectivity index (χ0) is 19.6. The number of hydrogen-bond donors (Lipinski definition) is 4. The van der Waals surface area contributed by atoms with Crippen molar-refractivity contribution in [3.63, 3.8) is 0 Å². The van der Waals surface area contributed by atoms with Gasteiger partial charge in [0, 0.05) is 30.4 Å². The fourth-order valence-electron chi connectivity index (χ4n) is 3.80. The van der Waals surface area contributed by atoms with Crippen LogP contribution in [-0.4, -0.2) is 39.0 Å². The maximum absolute atomic E-state index is 12.9. The van der Waals surface area contributed by atoms with Crippen LogP contribution >= 0.6 is 0 Å². The van der Waals surface area contributed by atoms with Gasteiger partial charge in [-0.15, -0.1) is 0 Å². The number of carboxylic acid groups (broad SMARTS) is 1. The van der Waals surface area contributed by atoms with Gasteiger partial charge in [0.05, 0.1) is 11.6 Å². The Morgan fingerprint density at radius 2 is 2.04 bits per heavy atom. The zero-order valence-electron chi connectivity index (χ0n) is 16.1. The molecular weight excluding hydrogens is 344 g/mol. The van der Waals surface area contributed by atoms with E-state index in [1.165, 1.54) is 19.0 Å². The third-order valence-electron chi connectivity index (χ3n) is 5.22. The number of H-pyrrole nitrogens is 1. The molecule has 4 N–H and O–H groups in total. The molecule has 1 unspecified atom stereocenters. The van der Waals surface area contributed by atoms with E-state index in [0.29, 0.717) is 17.6 Å². The second-order valence-corrected chi connectivity index (χ2v) is 8.37. The number of fused-ring (bicyclic) bond motifs is 1. The molecule has 3 rings (SSSR count). The zero-order valence-corrected chi connectivity index (χ0v) is 16.1. The molecule has 0 spiro atoms. The summed E-state index contributed by atoms with van der Waals surface area (Å²) in [6, 6.07) is 1.68. The quantitative estimate of drug-likeness (QED) is 0.624. The molecule has 2 aromatic heterocycles. The van der Waals surface area contributed by atoms with Gasteiger partial charge >= 0.3 is 5.97 Å². The lowest BCUT2D eigenvalue weighted by Gasteiger charge is -2.31. The van der Waals surface area contributed by atoms with Crippen LogP contribution < -0.4 is 10.6 Å². The average Bonchev–Trinajstić information content (AvgIpc) is 3.23. The predicted octanol–water partition coefficient (Wildman–Crippen LogP) is 2.82. The molecule has 0 radical (unpaired) electrons. The lowest BCUT2D eigenvalue weighted by Crippen LogP contribution is -2.53. The van der Waals surface area contributed by atoms with Gasteiger partial charge < -0.3 is 20.7 Å². The second kappa shape index (κ2) is 7.68. The van der Waals surface area contributed by atoms with Crippen LogP contribution in [-0.2, 0) is 11.3 Å². The van der Waals surface area contributed by atoms with Crippen molar-refractivity contribution in [1.82, 2.24) is 20.6 Å². The minimum absolute atomic E-state index is 0.00669. The Bertz CT molecular complexity index is 831. The molecule has 0 saturated heterocycles. The van der Waals surface area contributed by atoms with Crippen LogP contribution in [0.1, 0.15) is 62.4 Å².